The molecule has 1 unspecified atom stereocenters. The fraction of sp³-hybridized carbons (Fsp3) is 0.357. The Bertz CT molecular complexity index is 608. The number of Topliss-reactive ketones (excluding diaryl/α,β-unsaturated/α-hetero) is 1. The van der Waals surface area contributed by atoms with E-state index in [0.717, 1.165) is 23.3 Å². The maximum absolute atomic E-state index is 11.5. The van der Waals surface area contributed by atoms with Gasteiger partial charge in [0.05, 0.1) is 12.0 Å². The Labute approximate surface area is 104 Å². The minimum atomic E-state index is -0.0693. The highest BCUT2D eigenvalue weighted by atomic mass is 16.6. The van der Waals surface area contributed by atoms with Gasteiger partial charge in [-0.2, -0.15) is 0 Å². The molecule has 4 nitrogen and oxygen atoms in total. The lowest BCUT2D eigenvalue weighted by atomic mass is 10.1. The largest absolute Gasteiger partial charge is 0.490 e. The summed E-state index contributed by atoms with van der Waals surface area (Å²) in [4.78, 5) is 11.5. The molecule has 0 saturated carbocycles. The minimum Gasteiger partial charge on any atom is -0.490 e. The number of hydrogen-bond donors (Lipinski definition) is 0. The molecule has 4 heteroatoms. The van der Waals surface area contributed by atoms with Crippen molar-refractivity contribution < 1.29 is 18.7 Å². The van der Waals surface area contributed by atoms with Crippen LogP contribution < -0.4 is 4.74 Å². The third-order valence-electron chi connectivity index (χ3n) is 3.06. The Hall–Kier alpha value is -1.81. The number of ether oxygens (including phenoxy) is 2. The van der Waals surface area contributed by atoms with Crippen LogP contribution in [0.15, 0.2) is 22.6 Å². The molecule has 18 heavy (non-hydrogen) atoms. The van der Waals surface area contributed by atoms with Gasteiger partial charge >= 0.3 is 0 Å². The van der Waals surface area contributed by atoms with Gasteiger partial charge < -0.3 is 13.9 Å². The van der Waals surface area contributed by atoms with Gasteiger partial charge in [0.25, 0.3) is 0 Å². The summed E-state index contributed by atoms with van der Waals surface area (Å²) in [5.74, 6) is 1.08. The van der Waals surface area contributed by atoms with Crippen molar-refractivity contribution in [2.75, 3.05) is 13.2 Å². The predicted molar refractivity (Wildman–Crippen MR) is 66.2 cm³/mol. The zero-order chi connectivity index (χ0) is 12.7. The first-order valence-electron chi connectivity index (χ1n) is 5.94. The number of furan rings is 1. The molecule has 1 aliphatic heterocycles. The van der Waals surface area contributed by atoms with E-state index < -0.39 is 0 Å². The number of carbonyl (C=O) groups is 1. The molecule has 1 aromatic carbocycles. The van der Waals surface area contributed by atoms with E-state index in [1.807, 2.05) is 25.1 Å². The third-order valence-corrected chi connectivity index (χ3v) is 3.06. The van der Waals surface area contributed by atoms with E-state index in [1.54, 1.807) is 0 Å². The number of fused-ring (bicyclic) bond motifs is 1. The van der Waals surface area contributed by atoms with Crippen molar-refractivity contribution in [3.05, 3.63) is 29.5 Å². The summed E-state index contributed by atoms with van der Waals surface area (Å²) < 4.78 is 16.4. The monoisotopic (exact) mass is 246 g/mol. The number of hydrogen-bond acceptors (Lipinski definition) is 4. The summed E-state index contributed by atoms with van der Waals surface area (Å²) in [5, 5.41) is 0.878. The molecule has 0 amide bonds. The van der Waals surface area contributed by atoms with Crippen molar-refractivity contribution in [2.45, 2.75) is 20.0 Å². The fourth-order valence-corrected chi connectivity index (χ4v) is 2.07. The average Bonchev–Trinajstić information content (AvgIpc) is 3.10. The van der Waals surface area contributed by atoms with Crippen molar-refractivity contribution >= 4 is 16.8 Å². The van der Waals surface area contributed by atoms with Crippen molar-refractivity contribution in [3.63, 3.8) is 0 Å². The molecular weight excluding hydrogens is 232 g/mol. The van der Waals surface area contributed by atoms with Crippen molar-refractivity contribution in [1.29, 1.82) is 0 Å². The van der Waals surface area contributed by atoms with Crippen LogP contribution in [-0.4, -0.2) is 25.1 Å². The first-order valence-corrected chi connectivity index (χ1v) is 5.94. The number of rotatable bonds is 4. The molecule has 1 fully saturated rings. The molecule has 0 spiro atoms. The smallest absolute Gasteiger partial charge is 0.195 e. The second kappa shape index (κ2) is 4.14. The van der Waals surface area contributed by atoms with Gasteiger partial charge in [-0.15, -0.1) is 0 Å². The van der Waals surface area contributed by atoms with Crippen molar-refractivity contribution in [3.8, 4) is 5.75 Å². The number of epoxide rings is 1. The fourth-order valence-electron chi connectivity index (χ4n) is 2.07. The third kappa shape index (κ3) is 1.88. The van der Waals surface area contributed by atoms with Gasteiger partial charge in [0.15, 0.2) is 11.5 Å². The molecule has 94 valence electrons. The molecular formula is C14H14O4. The molecule has 1 saturated heterocycles. The van der Waals surface area contributed by atoms with Gasteiger partial charge in [-0.25, -0.2) is 0 Å². The summed E-state index contributed by atoms with van der Waals surface area (Å²) >= 11 is 0. The zero-order valence-electron chi connectivity index (χ0n) is 10.4. The van der Waals surface area contributed by atoms with Gasteiger partial charge in [0.2, 0.25) is 0 Å². The van der Waals surface area contributed by atoms with Gasteiger partial charge in [-0.05, 0) is 19.1 Å². The standard InChI is InChI=1S/C14H14O4/c1-8-13-11(17-7-10-6-16-10)4-3-5-12(13)18-14(8)9(2)15/h3-5,10H,6-7H2,1-2H3. The van der Waals surface area contributed by atoms with Gasteiger partial charge in [0, 0.05) is 12.5 Å². The minimum absolute atomic E-state index is 0.0693. The van der Waals surface area contributed by atoms with Crippen LogP contribution in [0.3, 0.4) is 0 Å². The van der Waals surface area contributed by atoms with E-state index in [-0.39, 0.29) is 11.9 Å². The topological polar surface area (TPSA) is 52.0 Å². The molecule has 2 aromatic rings. The van der Waals surface area contributed by atoms with E-state index in [4.69, 9.17) is 13.9 Å². The number of aryl methyl sites for hydroxylation is 1. The van der Waals surface area contributed by atoms with Crippen LogP contribution in [0.2, 0.25) is 0 Å². The highest BCUT2D eigenvalue weighted by Crippen LogP contribution is 2.33. The second-order valence-electron chi connectivity index (χ2n) is 4.51. The molecule has 0 N–H and O–H groups in total. The molecule has 0 radical (unpaired) electrons. The van der Waals surface area contributed by atoms with Gasteiger partial charge in [0.1, 0.15) is 24.0 Å². The average molecular weight is 246 g/mol. The van der Waals surface area contributed by atoms with Crippen molar-refractivity contribution in [2.24, 2.45) is 0 Å². The number of benzene rings is 1. The van der Waals surface area contributed by atoms with Gasteiger partial charge in [-0.3, -0.25) is 4.79 Å². The highest BCUT2D eigenvalue weighted by Gasteiger charge is 2.24. The van der Waals surface area contributed by atoms with Crippen LogP contribution in [-0.2, 0) is 4.74 Å². The van der Waals surface area contributed by atoms with Crippen molar-refractivity contribution in [1.82, 2.24) is 0 Å². The Morgan fingerprint density at radius 3 is 2.94 bits per heavy atom. The first-order chi connectivity index (χ1) is 8.66. The highest BCUT2D eigenvalue weighted by molar-refractivity contribution is 6.00. The Morgan fingerprint density at radius 1 is 1.50 bits per heavy atom. The molecule has 0 aliphatic carbocycles. The van der Waals surface area contributed by atoms with Crippen LogP contribution in [0.4, 0.5) is 0 Å². The maximum Gasteiger partial charge on any atom is 0.195 e. The normalized spacial score (nSPS) is 18.0. The van der Waals surface area contributed by atoms with E-state index in [9.17, 15) is 4.79 Å². The lowest BCUT2D eigenvalue weighted by molar-refractivity contribution is 0.0988. The van der Waals surface area contributed by atoms with E-state index in [2.05, 4.69) is 0 Å². The maximum atomic E-state index is 11.5. The Morgan fingerprint density at radius 2 is 2.28 bits per heavy atom. The van der Waals surface area contributed by atoms with E-state index >= 15 is 0 Å². The van der Waals surface area contributed by atoms with Crippen LogP contribution in [0.1, 0.15) is 23.0 Å². The Kier molecular flexibility index (Phi) is 2.59. The lowest BCUT2D eigenvalue weighted by Crippen LogP contribution is -2.04. The summed E-state index contributed by atoms with van der Waals surface area (Å²) in [5.41, 5.74) is 1.52. The van der Waals surface area contributed by atoms with Crippen LogP contribution in [0.5, 0.6) is 5.75 Å². The second-order valence-corrected chi connectivity index (χ2v) is 4.51. The summed E-state index contributed by atoms with van der Waals surface area (Å²) in [6.07, 6.45) is 0.208. The van der Waals surface area contributed by atoms with Crippen LogP contribution >= 0.6 is 0 Å². The predicted octanol–water partition coefficient (Wildman–Crippen LogP) is 2.72. The van der Waals surface area contributed by atoms with E-state index in [1.165, 1.54) is 6.92 Å². The van der Waals surface area contributed by atoms with Crippen LogP contribution in [0, 0.1) is 6.92 Å². The molecule has 1 atom stereocenters. The molecule has 3 rings (SSSR count). The first kappa shape index (κ1) is 11.3. The molecule has 1 aliphatic rings. The summed E-state index contributed by atoms with van der Waals surface area (Å²) in [6, 6.07) is 5.59. The summed E-state index contributed by atoms with van der Waals surface area (Å²) in [6.45, 7) is 4.69. The number of ketones is 1. The quantitative estimate of drug-likeness (QED) is 0.614. The van der Waals surface area contributed by atoms with E-state index in [0.29, 0.717) is 18.0 Å². The number of carbonyl (C=O) groups excluding carboxylic acids is 1. The SMILES string of the molecule is CC(=O)c1oc2cccc(OCC3CO3)c2c1C. The summed E-state index contributed by atoms with van der Waals surface area (Å²) in [7, 11) is 0. The zero-order valence-corrected chi connectivity index (χ0v) is 10.4. The van der Waals surface area contributed by atoms with Crippen LogP contribution in [0.25, 0.3) is 11.0 Å². The van der Waals surface area contributed by atoms with Gasteiger partial charge in [-0.1, -0.05) is 6.07 Å². The molecule has 1 aromatic heterocycles. The molecule has 2 heterocycles. The lowest BCUT2D eigenvalue weighted by Gasteiger charge is -2.05. The molecule has 0 bridgehead atoms. The Balaban J connectivity index is 2.04.